The second kappa shape index (κ2) is 5.74. The van der Waals surface area contributed by atoms with Crippen LogP contribution in [-0.2, 0) is 21.1 Å². The third-order valence-electron chi connectivity index (χ3n) is 3.47. The predicted octanol–water partition coefficient (Wildman–Crippen LogP) is 1.61. The first-order valence-corrected chi connectivity index (χ1v) is 8.46. The molecule has 0 aliphatic carbocycles. The van der Waals surface area contributed by atoms with Crippen molar-refractivity contribution in [2.75, 3.05) is 12.8 Å². The number of amides is 1. The van der Waals surface area contributed by atoms with E-state index in [4.69, 9.17) is 0 Å². The van der Waals surface area contributed by atoms with E-state index in [9.17, 15) is 13.2 Å². The molecule has 1 aliphatic rings. The second-order valence-electron chi connectivity index (χ2n) is 5.02. The first-order chi connectivity index (χ1) is 8.98. The summed E-state index contributed by atoms with van der Waals surface area (Å²) in [5.74, 6) is -0.0462. The smallest absolute Gasteiger partial charge is 0.226 e. The fourth-order valence-corrected chi connectivity index (χ4v) is 3.46. The van der Waals surface area contributed by atoms with E-state index in [-0.39, 0.29) is 12.3 Å². The van der Waals surface area contributed by atoms with Crippen LogP contribution in [0.2, 0.25) is 0 Å². The standard InChI is InChI=1S/C14H19NO3S/c1-19(17,18)14-11-13(16)15(14)10-6-5-9-12-7-3-2-4-8-12/h2-4,7-8,14H,5-6,9-11H2,1H3. The maximum absolute atomic E-state index is 11.4. The van der Waals surface area contributed by atoms with E-state index in [2.05, 4.69) is 12.1 Å². The van der Waals surface area contributed by atoms with E-state index in [1.807, 2.05) is 18.2 Å². The number of carbonyl (C=O) groups is 1. The van der Waals surface area contributed by atoms with Gasteiger partial charge in [0.15, 0.2) is 9.84 Å². The van der Waals surface area contributed by atoms with Crippen LogP contribution >= 0.6 is 0 Å². The molecule has 1 amide bonds. The summed E-state index contributed by atoms with van der Waals surface area (Å²) in [6, 6.07) is 10.2. The molecular formula is C14H19NO3S. The minimum Gasteiger partial charge on any atom is -0.325 e. The molecule has 1 unspecified atom stereocenters. The maximum Gasteiger partial charge on any atom is 0.226 e. The Bertz CT molecular complexity index is 539. The average Bonchev–Trinajstić information content (AvgIpc) is 2.35. The highest BCUT2D eigenvalue weighted by molar-refractivity contribution is 7.91. The van der Waals surface area contributed by atoms with E-state index in [1.54, 1.807) is 0 Å². The lowest BCUT2D eigenvalue weighted by atomic mass is 10.1. The summed E-state index contributed by atoms with van der Waals surface area (Å²) < 4.78 is 22.9. The molecule has 0 radical (unpaired) electrons. The summed E-state index contributed by atoms with van der Waals surface area (Å²) in [6.07, 6.45) is 4.11. The molecule has 1 heterocycles. The minimum absolute atomic E-state index is 0.0462. The molecule has 1 saturated heterocycles. The van der Waals surface area contributed by atoms with Gasteiger partial charge in [-0.1, -0.05) is 30.3 Å². The molecule has 1 atom stereocenters. The number of nitrogens with zero attached hydrogens (tertiary/aromatic N) is 1. The van der Waals surface area contributed by atoms with Crippen molar-refractivity contribution in [3.63, 3.8) is 0 Å². The Balaban J connectivity index is 1.75. The normalized spacial score (nSPS) is 19.3. The fraction of sp³-hybridized carbons (Fsp3) is 0.500. The van der Waals surface area contributed by atoms with Gasteiger partial charge in [0.2, 0.25) is 5.91 Å². The maximum atomic E-state index is 11.4. The van der Waals surface area contributed by atoms with Crippen LogP contribution in [0.15, 0.2) is 30.3 Å². The monoisotopic (exact) mass is 281 g/mol. The lowest BCUT2D eigenvalue weighted by Crippen LogP contribution is -2.56. The first kappa shape index (κ1) is 14.1. The number of sulfone groups is 1. The van der Waals surface area contributed by atoms with Gasteiger partial charge in [-0.3, -0.25) is 4.79 Å². The van der Waals surface area contributed by atoms with Crippen LogP contribution in [0.5, 0.6) is 0 Å². The number of benzene rings is 1. The second-order valence-corrected chi connectivity index (χ2v) is 7.22. The van der Waals surface area contributed by atoms with Crippen LogP contribution in [0.1, 0.15) is 24.8 Å². The lowest BCUT2D eigenvalue weighted by molar-refractivity contribution is -0.141. The van der Waals surface area contributed by atoms with Gasteiger partial charge in [0, 0.05) is 12.8 Å². The van der Waals surface area contributed by atoms with Crippen LogP contribution in [0.3, 0.4) is 0 Å². The summed E-state index contributed by atoms with van der Waals surface area (Å²) >= 11 is 0. The average molecular weight is 281 g/mol. The van der Waals surface area contributed by atoms with Gasteiger partial charge in [0.1, 0.15) is 5.37 Å². The van der Waals surface area contributed by atoms with Crippen LogP contribution in [0.4, 0.5) is 0 Å². The van der Waals surface area contributed by atoms with Gasteiger partial charge in [0.05, 0.1) is 6.42 Å². The summed E-state index contributed by atoms with van der Waals surface area (Å²) in [4.78, 5) is 12.9. The van der Waals surface area contributed by atoms with Gasteiger partial charge in [0.25, 0.3) is 0 Å². The molecule has 1 fully saturated rings. The third kappa shape index (κ3) is 3.56. The molecule has 0 saturated carbocycles. The molecule has 19 heavy (non-hydrogen) atoms. The summed E-state index contributed by atoms with van der Waals surface area (Å²) in [5, 5.41) is -0.586. The van der Waals surface area contributed by atoms with Crippen LogP contribution < -0.4 is 0 Å². The molecule has 1 aromatic rings. The highest BCUT2D eigenvalue weighted by atomic mass is 32.2. The number of β-lactam (4-membered cyclic amide) rings is 1. The molecule has 2 rings (SSSR count). The molecule has 5 heteroatoms. The van der Waals surface area contributed by atoms with Crippen molar-refractivity contribution < 1.29 is 13.2 Å². The topological polar surface area (TPSA) is 54.5 Å². The largest absolute Gasteiger partial charge is 0.325 e. The van der Waals surface area contributed by atoms with Gasteiger partial charge in [-0.2, -0.15) is 0 Å². The number of hydrogen-bond acceptors (Lipinski definition) is 3. The zero-order chi connectivity index (χ0) is 13.9. The molecular weight excluding hydrogens is 262 g/mol. The zero-order valence-electron chi connectivity index (χ0n) is 11.1. The molecule has 0 spiro atoms. The highest BCUT2D eigenvalue weighted by Crippen LogP contribution is 2.24. The Kier molecular flexibility index (Phi) is 4.24. The molecule has 1 aliphatic heterocycles. The molecule has 0 N–H and O–H groups in total. The Morgan fingerprint density at radius 2 is 1.89 bits per heavy atom. The molecule has 4 nitrogen and oxygen atoms in total. The number of carbonyl (C=O) groups excluding carboxylic acids is 1. The number of rotatable bonds is 6. The van der Waals surface area contributed by atoms with Crippen molar-refractivity contribution >= 4 is 15.7 Å². The summed E-state index contributed by atoms with van der Waals surface area (Å²) in [5.41, 5.74) is 1.28. The van der Waals surface area contributed by atoms with Crippen molar-refractivity contribution in [2.45, 2.75) is 31.1 Å². The molecule has 1 aromatic carbocycles. The van der Waals surface area contributed by atoms with Crippen molar-refractivity contribution in [3.8, 4) is 0 Å². The number of aryl methyl sites for hydroxylation is 1. The number of unbranched alkanes of at least 4 members (excludes halogenated alkanes) is 1. The molecule has 104 valence electrons. The highest BCUT2D eigenvalue weighted by Gasteiger charge is 2.42. The Morgan fingerprint density at radius 3 is 2.47 bits per heavy atom. The first-order valence-electron chi connectivity index (χ1n) is 6.51. The van der Waals surface area contributed by atoms with Crippen LogP contribution in [0.25, 0.3) is 0 Å². The van der Waals surface area contributed by atoms with E-state index in [1.165, 1.54) is 16.7 Å². The van der Waals surface area contributed by atoms with Crippen molar-refractivity contribution in [1.29, 1.82) is 0 Å². The molecule has 0 aromatic heterocycles. The Labute approximate surface area is 114 Å². The van der Waals surface area contributed by atoms with Gasteiger partial charge in [-0.25, -0.2) is 8.42 Å². The van der Waals surface area contributed by atoms with E-state index in [0.717, 1.165) is 19.3 Å². The van der Waals surface area contributed by atoms with Gasteiger partial charge < -0.3 is 4.90 Å². The van der Waals surface area contributed by atoms with Crippen molar-refractivity contribution in [3.05, 3.63) is 35.9 Å². The number of likely N-dealkylation sites (tertiary alicyclic amines) is 1. The minimum atomic E-state index is -3.13. The van der Waals surface area contributed by atoms with Gasteiger partial charge >= 0.3 is 0 Å². The fourth-order valence-electron chi connectivity index (χ4n) is 2.33. The van der Waals surface area contributed by atoms with E-state index >= 15 is 0 Å². The quantitative estimate of drug-likeness (QED) is 0.588. The van der Waals surface area contributed by atoms with Gasteiger partial charge in [-0.15, -0.1) is 0 Å². The Morgan fingerprint density at radius 1 is 1.21 bits per heavy atom. The lowest BCUT2D eigenvalue weighted by Gasteiger charge is -2.39. The van der Waals surface area contributed by atoms with Crippen LogP contribution in [0, 0.1) is 0 Å². The zero-order valence-corrected chi connectivity index (χ0v) is 11.9. The van der Waals surface area contributed by atoms with E-state index in [0.29, 0.717) is 6.54 Å². The number of hydrogen-bond donors (Lipinski definition) is 0. The summed E-state index contributed by atoms with van der Waals surface area (Å²) in [6.45, 7) is 0.545. The third-order valence-corrected chi connectivity index (χ3v) is 4.88. The van der Waals surface area contributed by atoms with Crippen LogP contribution in [-0.4, -0.2) is 37.4 Å². The van der Waals surface area contributed by atoms with Crippen molar-refractivity contribution in [1.82, 2.24) is 4.90 Å². The SMILES string of the molecule is CS(=O)(=O)C1CC(=O)N1CCCCc1ccccc1. The van der Waals surface area contributed by atoms with E-state index < -0.39 is 15.2 Å². The Hall–Kier alpha value is -1.36. The molecule has 0 bridgehead atoms. The van der Waals surface area contributed by atoms with Crippen molar-refractivity contribution in [2.24, 2.45) is 0 Å². The van der Waals surface area contributed by atoms with Gasteiger partial charge in [-0.05, 0) is 24.8 Å². The summed E-state index contributed by atoms with van der Waals surface area (Å²) in [7, 11) is -3.13. The predicted molar refractivity (Wildman–Crippen MR) is 74.3 cm³/mol.